The Bertz CT molecular complexity index is 992. The first kappa shape index (κ1) is 23.0. The molecule has 1 amide bonds. The normalized spacial score (nSPS) is 24.2. The number of aryl methyl sites for hydroxylation is 1. The summed E-state index contributed by atoms with van der Waals surface area (Å²) in [5, 5.41) is 17.5. The number of carbonyl (C=O) groups excluding carboxylic acids is 1. The van der Waals surface area contributed by atoms with Gasteiger partial charge in [0.1, 0.15) is 23.7 Å². The molecule has 2 aliphatic carbocycles. The highest BCUT2D eigenvalue weighted by atomic mass is 16.6. The minimum Gasteiger partial charge on any atom is -0.489 e. The van der Waals surface area contributed by atoms with E-state index in [0.29, 0.717) is 54.1 Å². The summed E-state index contributed by atoms with van der Waals surface area (Å²) in [6.07, 6.45) is 5.13. The second kappa shape index (κ2) is 9.76. The summed E-state index contributed by atoms with van der Waals surface area (Å²) in [6, 6.07) is 3.57. The van der Waals surface area contributed by atoms with Gasteiger partial charge >= 0.3 is 12.1 Å². The first-order valence-electron chi connectivity index (χ1n) is 11.4. The lowest BCUT2D eigenvalue weighted by atomic mass is 9.87. The van der Waals surface area contributed by atoms with Gasteiger partial charge in [-0.25, -0.2) is 9.48 Å². The van der Waals surface area contributed by atoms with Crippen LogP contribution in [0.2, 0.25) is 0 Å². The summed E-state index contributed by atoms with van der Waals surface area (Å²) in [5.74, 6) is 0.698. The fourth-order valence-electron chi connectivity index (χ4n) is 4.32. The summed E-state index contributed by atoms with van der Waals surface area (Å²) in [5.41, 5.74) is 1.78. The second-order valence-corrected chi connectivity index (χ2v) is 9.24. The van der Waals surface area contributed by atoms with Crippen molar-refractivity contribution in [3.63, 3.8) is 0 Å². The molecule has 0 aliphatic heterocycles. The number of aromatic nitrogens is 4. The number of carboxylic acids is 1. The van der Waals surface area contributed by atoms with E-state index in [2.05, 4.69) is 22.2 Å². The Kier molecular flexibility index (Phi) is 6.80. The van der Waals surface area contributed by atoms with Crippen LogP contribution in [0.1, 0.15) is 44.7 Å². The molecule has 178 valence electrons. The van der Waals surface area contributed by atoms with Gasteiger partial charge in [0, 0.05) is 20.6 Å². The number of aliphatic carboxylic acids is 1. The lowest BCUT2D eigenvalue weighted by molar-refractivity contribution is -0.143. The van der Waals surface area contributed by atoms with Crippen LogP contribution in [0.5, 0.6) is 5.75 Å². The molecule has 0 bridgehead atoms. The van der Waals surface area contributed by atoms with Crippen molar-refractivity contribution in [1.82, 2.24) is 24.9 Å². The monoisotopic (exact) mass is 457 g/mol. The number of hydrogen-bond donors (Lipinski definition) is 1. The van der Waals surface area contributed by atoms with E-state index in [9.17, 15) is 14.7 Å². The number of rotatable bonds is 8. The molecule has 4 rings (SSSR count). The van der Waals surface area contributed by atoms with E-state index in [1.165, 1.54) is 0 Å². The molecule has 2 fully saturated rings. The molecule has 4 atom stereocenters. The van der Waals surface area contributed by atoms with Gasteiger partial charge in [0.25, 0.3) is 0 Å². The van der Waals surface area contributed by atoms with E-state index < -0.39 is 5.97 Å². The van der Waals surface area contributed by atoms with Crippen LogP contribution >= 0.6 is 0 Å². The van der Waals surface area contributed by atoms with Crippen molar-refractivity contribution in [2.75, 3.05) is 13.6 Å². The van der Waals surface area contributed by atoms with Crippen molar-refractivity contribution in [3.05, 3.63) is 24.0 Å². The number of amides is 1. The average Bonchev–Trinajstić information content (AvgIpc) is 3.36. The molecule has 2 heterocycles. The van der Waals surface area contributed by atoms with E-state index in [-0.39, 0.29) is 24.7 Å². The standard InChI is InChI=1S/C23H31N5O5/c1-14-9-16(14)12-27(2)23(31)32-13-20-21(25-26-28(20)3)19-8-7-18(11-24-19)33-17-6-4-5-15(10-17)22(29)30/h7-8,11,14-17H,4-6,9-10,12-13H2,1-3H3,(H,29,30)/t14-,15-,16+,17-/m0/s1. The van der Waals surface area contributed by atoms with Gasteiger partial charge < -0.3 is 19.5 Å². The maximum absolute atomic E-state index is 12.4. The van der Waals surface area contributed by atoms with Crippen molar-refractivity contribution < 1.29 is 24.2 Å². The number of carboxylic acid groups (broad SMARTS) is 1. The van der Waals surface area contributed by atoms with Crippen LogP contribution in [0.4, 0.5) is 4.79 Å². The van der Waals surface area contributed by atoms with Crippen molar-refractivity contribution >= 4 is 12.1 Å². The number of nitrogens with zero attached hydrogens (tertiary/aromatic N) is 5. The zero-order valence-electron chi connectivity index (χ0n) is 19.3. The molecule has 2 aromatic heterocycles. The van der Waals surface area contributed by atoms with Gasteiger partial charge in [-0.3, -0.25) is 9.78 Å². The molecule has 0 saturated heterocycles. The Hall–Kier alpha value is -3.17. The van der Waals surface area contributed by atoms with Crippen molar-refractivity contribution in [1.29, 1.82) is 0 Å². The molecular formula is C23H31N5O5. The van der Waals surface area contributed by atoms with Gasteiger partial charge in [0.05, 0.1) is 23.9 Å². The van der Waals surface area contributed by atoms with Gasteiger partial charge in [-0.15, -0.1) is 5.10 Å². The fraction of sp³-hybridized carbons (Fsp3) is 0.609. The highest BCUT2D eigenvalue weighted by Gasteiger charge is 2.34. The number of pyridine rings is 1. The first-order chi connectivity index (χ1) is 15.8. The van der Waals surface area contributed by atoms with Crippen LogP contribution in [0.25, 0.3) is 11.4 Å². The van der Waals surface area contributed by atoms with Gasteiger partial charge in [0.15, 0.2) is 0 Å². The van der Waals surface area contributed by atoms with Crippen molar-refractivity contribution in [2.24, 2.45) is 24.8 Å². The van der Waals surface area contributed by atoms with Crippen LogP contribution in [0, 0.1) is 17.8 Å². The minimum absolute atomic E-state index is 0.0425. The Morgan fingerprint density at radius 2 is 2.06 bits per heavy atom. The molecule has 2 aromatic rings. The number of carbonyl (C=O) groups is 2. The maximum Gasteiger partial charge on any atom is 0.409 e. The quantitative estimate of drug-likeness (QED) is 0.642. The Balaban J connectivity index is 1.36. The van der Waals surface area contributed by atoms with E-state index in [4.69, 9.17) is 9.47 Å². The van der Waals surface area contributed by atoms with Crippen molar-refractivity contribution in [2.45, 2.75) is 51.7 Å². The van der Waals surface area contributed by atoms with Crippen LogP contribution in [-0.2, 0) is 23.2 Å². The van der Waals surface area contributed by atoms with Crippen LogP contribution in [-0.4, -0.2) is 61.7 Å². The molecule has 0 spiro atoms. The third kappa shape index (κ3) is 5.61. The SMILES string of the molecule is C[C@H]1C[C@@H]1CN(C)C(=O)OCc1c(-c2ccc(O[C@H]3CCC[C@H](C(=O)O)C3)cn2)nnn1C. The van der Waals surface area contributed by atoms with Gasteiger partial charge in [-0.2, -0.15) is 0 Å². The number of ether oxygens (including phenoxy) is 2. The smallest absolute Gasteiger partial charge is 0.409 e. The zero-order valence-corrected chi connectivity index (χ0v) is 19.3. The molecule has 33 heavy (non-hydrogen) atoms. The molecule has 0 radical (unpaired) electrons. The highest BCUT2D eigenvalue weighted by molar-refractivity contribution is 5.70. The zero-order chi connectivity index (χ0) is 23.5. The summed E-state index contributed by atoms with van der Waals surface area (Å²) in [4.78, 5) is 29.7. The molecule has 0 aromatic carbocycles. The topological polar surface area (TPSA) is 120 Å². The lowest BCUT2D eigenvalue weighted by Gasteiger charge is -2.27. The summed E-state index contributed by atoms with van der Waals surface area (Å²) >= 11 is 0. The summed E-state index contributed by atoms with van der Waals surface area (Å²) < 4.78 is 13.0. The largest absolute Gasteiger partial charge is 0.489 e. The summed E-state index contributed by atoms with van der Waals surface area (Å²) in [7, 11) is 3.50. The van der Waals surface area contributed by atoms with Crippen molar-refractivity contribution in [3.8, 4) is 17.1 Å². The molecule has 2 aliphatic rings. The Labute approximate surface area is 192 Å². The van der Waals surface area contributed by atoms with Gasteiger partial charge in [-0.05, 0) is 56.1 Å². The maximum atomic E-state index is 12.4. The van der Waals surface area contributed by atoms with E-state index in [1.54, 1.807) is 42.0 Å². The predicted molar refractivity (Wildman–Crippen MR) is 118 cm³/mol. The fourth-order valence-corrected chi connectivity index (χ4v) is 4.32. The highest BCUT2D eigenvalue weighted by Crippen LogP contribution is 2.38. The third-order valence-corrected chi connectivity index (χ3v) is 6.63. The van der Waals surface area contributed by atoms with Crippen LogP contribution in [0.3, 0.4) is 0 Å². The molecule has 10 nitrogen and oxygen atoms in total. The lowest BCUT2D eigenvalue weighted by Crippen LogP contribution is -2.29. The molecule has 2 saturated carbocycles. The van der Waals surface area contributed by atoms with Gasteiger partial charge in [-0.1, -0.05) is 12.1 Å². The summed E-state index contributed by atoms with van der Waals surface area (Å²) in [6.45, 7) is 2.93. The molecule has 0 unspecified atom stereocenters. The van der Waals surface area contributed by atoms with E-state index >= 15 is 0 Å². The van der Waals surface area contributed by atoms with Crippen LogP contribution < -0.4 is 4.74 Å². The van der Waals surface area contributed by atoms with E-state index in [1.807, 2.05) is 0 Å². The molecule has 1 N–H and O–H groups in total. The van der Waals surface area contributed by atoms with Crippen LogP contribution in [0.15, 0.2) is 18.3 Å². The third-order valence-electron chi connectivity index (χ3n) is 6.63. The Morgan fingerprint density at radius 1 is 1.27 bits per heavy atom. The van der Waals surface area contributed by atoms with Gasteiger partial charge in [0.2, 0.25) is 0 Å². The first-order valence-corrected chi connectivity index (χ1v) is 11.4. The second-order valence-electron chi connectivity index (χ2n) is 9.24. The number of hydrogen-bond acceptors (Lipinski definition) is 7. The van der Waals surface area contributed by atoms with E-state index in [0.717, 1.165) is 19.3 Å². The Morgan fingerprint density at radius 3 is 2.73 bits per heavy atom. The molecule has 10 heteroatoms. The average molecular weight is 458 g/mol. The predicted octanol–water partition coefficient (Wildman–Crippen LogP) is 3.12. The molecular weight excluding hydrogens is 426 g/mol. The minimum atomic E-state index is -0.763.